The lowest BCUT2D eigenvalue weighted by atomic mass is 10.3. The quantitative estimate of drug-likeness (QED) is 0.690. The molecule has 2 heterocycles. The van der Waals surface area contributed by atoms with Gasteiger partial charge in [-0.25, -0.2) is 9.98 Å². The number of nitrogens with zero attached hydrogens (tertiary/aromatic N) is 2. The zero-order chi connectivity index (χ0) is 8.39. The highest BCUT2D eigenvalue weighted by Gasteiger charge is 2.12. The first-order chi connectivity index (χ1) is 5.86. The fourth-order valence-electron chi connectivity index (χ4n) is 0.857. The van der Waals surface area contributed by atoms with E-state index in [0.29, 0.717) is 0 Å². The number of pyridine rings is 1. The molecule has 62 valence electrons. The molecule has 2 rings (SSSR count). The summed E-state index contributed by atoms with van der Waals surface area (Å²) in [4.78, 5) is 8.58. The Morgan fingerprint density at radius 3 is 2.92 bits per heavy atom. The Labute approximate surface area is 79.9 Å². The molecule has 0 aliphatic carbocycles. The van der Waals surface area contributed by atoms with Crippen LogP contribution in [0.5, 0.6) is 0 Å². The summed E-state index contributed by atoms with van der Waals surface area (Å²) in [5.41, 5.74) is 1.14. The van der Waals surface area contributed by atoms with E-state index < -0.39 is 0 Å². The van der Waals surface area contributed by atoms with Crippen molar-refractivity contribution in [3.8, 4) is 0 Å². The van der Waals surface area contributed by atoms with E-state index in [-0.39, 0.29) is 0 Å². The minimum atomic E-state index is 0.854. The smallest absolute Gasteiger partial charge is 0.156 e. The largest absolute Gasteiger partial charge is 0.237 e. The summed E-state index contributed by atoms with van der Waals surface area (Å²) in [6.07, 6.45) is 1.78. The molecule has 0 bridgehead atoms. The molecule has 0 aromatic carbocycles. The topological polar surface area (TPSA) is 25.2 Å². The van der Waals surface area contributed by atoms with E-state index in [1.807, 2.05) is 19.1 Å². The van der Waals surface area contributed by atoms with Gasteiger partial charge in [0.15, 0.2) is 5.82 Å². The van der Waals surface area contributed by atoms with Gasteiger partial charge < -0.3 is 0 Å². The Morgan fingerprint density at radius 2 is 2.33 bits per heavy atom. The van der Waals surface area contributed by atoms with Crippen molar-refractivity contribution in [2.75, 3.05) is 5.08 Å². The molecule has 0 atom stereocenters. The Bertz CT molecular complexity index is 317. The summed E-state index contributed by atoms with van der Waals surface area (Å²) in [5, 5.41) is 1.13. The number of rotatable bonds is 1. The van der Waals surface area contributed by atoms with Crippen molar-refractivity contribution in [1.29, 1.82) is 0 Å². The SMILES string of the molecule is Cc1cccnc1N=C1SCS1. The van der Waals surface area contributed by atoms with Crippen LogP contribution in [-0.4, -0.2) is 14.4 Å². The molecule has 1 fully saturated rings. The molecule has 12 heavy (non-hydrogen) atoms. The summed E-state index contributed by atoms with van der Waals surface area (Å²) in [7, 11) is 0. The highest BCUT2D eigenvalue weighted by Crippen LogP contribution is 2.34. The monoisotopic (exact) mass is 196 g/mol. The van der Waals surface area contributed by atoms with Crippen LogP contribution in [0.3, 0.4) is 0 Å². The second-order valence-corrected chi connectivity index (χ2v) is 4.98. The first-order valence-corrected chi connectivity index (χ1v) is 5.59. The maximum atomic E-state index is 4.40. The molecule has 0 N–H and O–H groups in total. The Morgan fingerprint density at radius 1 is 1.50 bits per heavy atom. The van der Waals surface area contributed by atoms with Gasteiger partial charge in [-0.15, -0.1) is 0 Å². The van der Waals surface area contributed by atoms with E-state index in [4.69, 9.17) is 0 Å². The standard InChI is InChI=1S/C8H8N2S2/c1-6-3-2-4-9-7(6)10-8-11-5-12-8/h2-4H,5H2,1H3. The number of thioether (sulfide) groups is 2. The average Bonchev–Trinajstić information content (AvgIpc) is 2.00. The second-order valence-electron chi connectivity index (χ2n) is 2.43. The van der Waals surface area contributed by atoms with Crippen molar-refractivity contribution in [2.24, 2.45) is 4.99 Å². The lowest BCUT2D eigenvalue weighted by Gasteiger charge is -2.12. The summed E-state index contributed by atoms with van der Waals surface area (Å²) in [6, 6.07) is 3.96. The lowest BCUT2D eigenvalue weighted by molar-refractivity contribution is 1.23. The third-order valence-corrected chi connectivity index (χ3v) is 3.87. The third kappa shape index (κ3) is 1.64. The van der Waals surface area contributed by atoms with Gasteiger partial charge in [0, 0.05) is 6.20 Å². The Kier molecular flexibility index (Phi) is 2.37. The summed E-state index contributed by atoms with van der Waals surface area (Å²) >= 11 is 3.56. The van der Waals surface area contributed by atoms with Gasteiger partial charge in [0.05, 0.1) is 5.08 Å². The summed E-state index contributed by atoms with van der Waals surface area (Å²) in [6.45, 7) is 2.03. The molecule has 1 aromatic heterocycles. The maximum absolute atomic E-state index is 4.40. The first kappa shape index (κ1) is 8.13. The molecule has 0 saturated carbocycles. The molecule has 1 saturated heterocycles. The summed E-state index contributed by atoms with van der Waals surface area (Å²) < 4.78 is 1.14. The van der Waals surface area contributed by atoms with E-state index in [2.05, 4.69) is 9.98 Å². The fraction of sp³-hybridized carbons (Fsp3) is 0.250. The van der Waals surface area contributed by atoms with Crippen molar-refractivity contribution < 1.29 is 0 Å². The van der Waals surface area contributed by atoms with Gasteiger partial charge in [-0.2, -0.15) is 0 Å². The van der Waals surface area contributed by atoms with Crippen LogP contribution in [0, 0.1) is 6.92 Å². The van der Waals surface area contributed by atoms with E-state index in [1.165, 1.54) is 0 Å². The molecule has 0 unspecified atom stereocenters. The van der Waals surface area contributed by atoms with Crippen LogP contribution in [0.1, 0.15) is 5.56 Å². The molecule has 4 heteroatoms. The normalized spacial score (nSPS) is 15.6. The number of hydrogen-bond acceptors (Lipinski definition) is 4. The zero-order valence-electron chi connectivity index (χ0n) is 6.65. The zero-order valence-corrected chi connectivity index (χ0v) is 8.28. The van der Waals surface area contributed by atoms with Gasteiger partial charge >= 0.3 is 0 Å². The van der Waals surface area contributed by atoms with Gasteiger partial charge in [0.25, 0.3) is 0 Å². The van der Waals surface area contributed by atoms with Crippen LogP contribution in [0.15, 0.2) is 23.3 Å². The van der Waals surface area contributed by atoms with Crippen molar-refractivity contribution >= 4 is 33.7 Å². The number of aryl methyl sites for hydroxylation is 1. The van der Waals surface area contributed by atoms with Crippen molar-refractivity contribution in [2.45, 2.75) is 6.92 Å². The first-order valence-electron chi connectivity index (χ1n) is 3.62. The number of aromatic nitrogens is 1. The Hall–Kier alpha value is -0.480. The van der Waals surface area contributed by atoms with Crippen molar-refractivity contribution in [3.05, 3.63) is 23.9 Å². The Balaban J connectivity index is 2.27. The van der Waals surface area contributed by atoms with Crippen LogP contribution < -0.4 is 0 Å². The van der Waals surface area contributed by atoms with Crippen LogP contribution in [-0.2, 0) is 0 Å². The van der Waals surface area contributed by atoms with E-state index in [1.54, 1.807) is 29.7 Å². The molecular formula is C8H8N2S2. The highest BCUT2D eigenvalue weighted by atomic mass is 32.3. The van der Waals surface area contributed by atoms with Gasteiger partial charge in [-0.05, 0) is 18.6 Å². The van der Waals surface area contributed by atoms with Crippen molar-refractivity contribution in [1.82, 2.24) is 4.98 Å². The van der Waals surface area contributed by atoms with E-state index in [0.717, 1.165) is 20.8 Å². The second kappa shape index (κ2) is 3.49. The molecule has 1 aliphatic rings. The lowest BCUT2D eigenvalue weighted by Crippen LogP contribution is -1.97. The number of hydrogen-bond donors (Lipinski definition) is 0. The van der Waals surface area contributed by atoms with Gasteiger partial charge in [-0.1, -0.05) is 29.6 Å². The van der Waals surface area contributed by atoms with Crippen LogP contribution >= 0.6 is 23.5 Å². The number of aliphatic imine (C=N–C) groups is 1. The highest BCUT2D eigenvalue weighted by molar-refractivity contribution is 8.52. The van der Waals surface area contributed by atoms with Gasteiger partial charge in [-0.3, -0.25) is 0 Å². The van der Waals surface area contributed by atoms with Crippen LogP contribution in [0.25, 0.3) is 0 Å². The fourth-order valence-corrected chi connectivity index (χ4v) is 2.05. The molecule has 0 radical (unpaired) electrons. The minimum Gasteiger partial charge on any atom is -0.237 e. The predicted molar refractivity (Wildman–Crippen MR) is 56.1 cm³/mol. The van der Waals surface area contributed by atoms with Gasteiger partial charge in [0.2, 0.25) is 0 Å². The maximum Gasteiger partial charge on any atom is 0.156 e. The molecule has 0 amide bonds. The average molecular weight is 196 g/mol. The molecule has 1 aliphatic heterocycles. The summed E-state index contributed by atoms with van der Waals surface area (Å²) in [5.74, 6) is 0.854. The van der Waals surface area contributed by atoms with Crippen molar-refractivity contribution in [3.63, 3.8) is 0 Å². The van der Waals surface area contributed by atoms with Crippen LogP contribution in [0.2, 0.25) is 0 Å². The third-order valence-electron chi connectivity index (χ3n) is 1.54. The van der Waals surface area contributed by atoms with E-state index in [9.17, 15) is 0 Å². The predicted octanol–water partition coefficient (Wildman–Crippen LogP) is 2.82. The molecule has 0 spiro atoms. The molecule has 2 nitrogen and oxygen atoms in total. The van der Waals surface area contributed by atoms with Crippen LogP contribution in [0.4, 0.5) is 5.82 Å². The minimum absolute atomic E-state index is 0.854. The molecular weight excluding hydrogens is 188 g/mol. The molecule has 1 aromatic rings. The van der Waals surface area contributed by atoms with Gasteiger partial charge in [0.1, 0.15) is 4.38 Å². The van der Waals surface area contributed by atoms with E-state index >= 15 is 0 Å².